The summed E-state index contributed by atoms with van der Waals surface area (Å²) in [7, 11) is 3.91. The molecule has 1 aromatic carbocycles. The van der Waals surface area contributed by atoms with Gasteiger partial charge in [0.25, 0.3) is 0 Å². The Labute approximate surface area is 89.2 Å². The summed E-state index contributed by atoms with van der Waals surface area (Å²) in [5.74, 6) is 0.888. The van der Waals surface area contributed by atoms with Crippen LogP contribution < -0.4 is 4.90 Å². The van der Waals surface area contributed by atoms with Crippen LogP contribution in [0.5, 0.6) is 0 Å². The van der Waals surface area contributed by atoms with Crippen molar-refractivity contribution in [1.29, 1.82) is 0 Å². The molecule has 0 saturated heterocycles. The van der Waals surface area contributed by atoms with E-state index in [0.717, 1.165) is 16.9 Å². The molecule has 0 radical (unpaired) electrons. The average molecular weight is 210 g/mol. The number of halogens is 1. The minimum Gasteiger partial charge on any atom is -0.361 e. The predicted molar refractivity (Wildman–Crippen MR) is 61.1 cm³/mol. The molecule has 1 heterocycles. The summed E-state index contributed by atoms with van der Waals surface area (Å²) in [6.07, 6.45) is 1.78. The third kappa shape index (κ3) is 1.93. The fourth-order valence-electron chi connectivity index (χ4n) is 1.16. The second-order valence-electron chi connectivity index (χ2n) is 3.11. The number of anilines is 1. The number of rotatable bonds is 1. The van der Waals surface area contributed by atoms with Gasteiger partial charge in [-0.1, -0.05) is 12.1 Å². The summed E-state index contributed by atoms with van der Waals surface area (Å²) in [5.41, 5.74) is 1.88. The number of hydrogen-bond acceptors (Lipinski definition) is 3. The molecule has 0 aliphatic rings. The number of hydrogen-bond donors (Lipinski definition) is 0. The fourth-order valence-corrected chi connectivity index (χ4v) is 1.16. The first-order valence-corrected chi connectivity index (χ1v) is 4.16. The van der Waals surface area contributed by atoms with Crippen molar-refractivity contribution in [3.8, 4) is 0 Å². The molecule has 3 nitrogen and oxygen atoms in total. The summed E-state index contributed by atoms with van der Waals surface area (Å²) in [5, 5.41) is 0. The molecule has 2 rings (SSSR count). The van der Waals surface area contributed by atoms with Gasteiger partial charge in [0.05, 0.1) is 17.2 Å². The molecule has 0 aliphatic carbocycles. The lowest BCUT2D eigenvalue weighted by Gasteiger charge is -2.10. The van der Waals surface area contributed by atoms with Crippen molar-refractivity contribution in [2.75, 3.05) is 19.0 Å². The summed E-state index contributed by atoms with van der Waals surface area (Å²) >= 11 is 0. The predicted octanol–water partition coefficient (Wildman–Crippen LogP) is 2.12. The van der Waals surface area contributed by atoms with Gasteiger partial charge < -0.3 is 4.90 Å². The maximum Gasteiger partial charge on any atom is 0.147 e. The van der Waals surface area contributed by atoms with Gasteiger partial charge in [0.1, 0.15) is 5.82 Å². The van der Waals surface area contributed by atoms with Crippen LogP contribution in [0.4, 0.5) is 5.82 Å². The van der Waals surface area contributed by atoms with Crippen molar-refractivity contribution in [2.24, 2.45) is 0 Å². The summed E-state index contributed by atoms with van der Waals surface area (Å²) in [6, 6.07) is 7.86. The second-order valence-corrected chi connectivity index (χ2v) is 3.11. The van der Waals surface area contributed by atoms with Crippen LogP contribution in [0.15, 0.2) is 30.5 Å². The molecule has 0 spiro atoms. The SMILES string of the molecule is CN(C)c1cnc2ccccc2n1.Cl. The molecule has 0 fully saturated rings. The molecule has 0 bridgehead atoms. The van der Waals surface area contributed by atoms with Gasteiger partial charge in [0, 0.05) is 14.1 Å². The Kier molecular flexibility index (Phi) is 3.25. The Balaban J connectivity index is 0.000000980. The first-order valence-electron chi connectivity index (χ1n) is 4.16. The molecule has 4 heteroatoms. The normalized spacial score (nSPS) is 9.57. The lowest BCUT2D eigenvalue weighted by atomic mass is 10.3. The van der Waals surface area contributed by atoms with Gasteiger partial charge in [-0.2, -0.15) is 0 Å². The Hall–Kier alpha value is -1.35. The number of nitrogens with zero attached hydrogens (tertiary/aromatic N) is 3. The molecule has 74 valence electrons. The van der Waals surface area contributed by atoms with E-state index in [1.165, 1.54) is 0 Å². The van der Waals surface area contributed by atoms with E-state index < -0.39 is 0 Å². The fraction of sp³-hybridized carbons (Fsp3) is 0.200. The quantitative estimate of drug-likeness (QED) is 0.721. The van der Waals surface area contributed by atoms with E-state index >= 15 is 0 Å². The van der Waals surface area contributed by atoms with Gasteiger partial charge in [0.2, 0.25) is 0 Å². The van der Waals surface area contributed by atoms with Crippen LogP contribution in [0.25, 0.3) is 11.0 Å². The van der Waals surface area contributed by atoms with E-state index in [0.29, 0.717) is 0 Å². The maximum absolute atomic E-state index is 4.44. The summed E-state index contributed by atoms with van der Waals surface area (Å²) in [6.45, 7) is 0. The molecule has 0 atom stereocenters. The maximum atomic E-state index is 4.44. The average Bonchev–Trinajstić information content (AvgIpc) is 2.17. The van der Waals surface area contributed by atoms with Crippen molar-refractivity contribution in [1.82, 2.24) is 9.97 Å². The highest BCUT2D eigenvalue weighted by atomic mass is 35.5. The summed E-state index contributed by atoms with van der Waals surface area (Å²) < 4.78 is 0. The van der Waals surface area contributed by atoms with Crippen molar-refractivity contribution in [2.45, 2.75) is 0 Å². The monoisotopic (exact) mass is 209 g/mol. The van der Waals surface area contributed by atoms with Crippen LogP contribution >= 0.6 is 12.4 Å². The topological polar surface area (TPSA) is 29.0 Å². The smallest absolute Gasteiger partial charge is 0.147 e. The van der Waals surface area contributed by atoms with Crippen LogP contribution in [0.3, 0.4) is 0 Å². The van der Waals surface area contributed by atoms with Gasteiger partial charge in [0.15, 0.2) is 0 Å². The zero-order chi connectivity index (χ0) is 9.26. The highest BCUT2D eigenvalue weighted by Crippen LogP contribution is 2.12. The molecular weight excluding hydrogens is 198 g/mol. The Bertz CT molecular complexity index is 428. The van der Waals surface area contributed by atoms with E-state index in [1.54, 1.807) is 6.20 Å². The van der Waals surface area contributed by atoms with Gasteiger partial charge in [-0.3, -0.25) is 4.98 Å². The van der Waals surface area contributed by atoms with Gasteiger partial charge in [-0.05, 0) is 12.1 Å². The van der Waals surface area contributed by atoms with Gasteiger partial charge in [-0.15, -0.1) is 12.4 Å². The van der Waals surface area contributed by atoms with Gasteiger partial charge >= 0.3 is 0 Å². The Morgan fingerprint density at radius 2 is 1.71 bits per heavy atom. The molecule has 2 aromatic rings. The van der Waals surface area contributed by atoms with Crippen molar-refractivity contribution < 1.29 is 0 Å². The highest BCUT2D eigenvalue weighted by Gasteiger charge is 1.99. The molecule has 14 heavy (non-hydrogen) atoms. The van der Waals surface area contributed by atoms with Crippen LogP contribution in [0.1, 0.15) is 0 Å². The highest BCUT2D eigenvalue weighted by molar-refractivity contribution is 5.85. The van der Waals surface area contributed by atoms with E-state index in [1.807, 2.05) is 43.3 Å². The molecule has 0 amide bonds. The van der Waals surface area contributed by atoms with Crippen molar-refractivity contribution in [3.05, 3.63) is 30.5 Å². The number of para-hydroxylation sites is 2. The first kappa shape index (κ1) is 10.7. The molecule has 0 N–H and O–H groups in total. The van der Waals surface area contributed by atoms with Crippen LogP contribution in [0.2, 0.25) is 0 Å². The number of benzene rings is 1. The van der Waals surface area contributed by atoms with E-state index in [2.05, 4.69) is 9.97 Å². The minimum absolute atomic E-state index is 0. The van der Waals surface area contributed by atoms with E-state index in [-0.39, 0.29) is 12.4 Å². The lowest BCUT2D eigenvalue weighted by Crippen LogP contribution is -2.10. The van der Waals surface area contributed by atoms with Crippen molar-refractivity contribution in [3.63, 3.8) is 0 Å². The first-order chi connectivity index (χ1) is 6.27. The number of fused-ring (bicyclic) bond motifs is 1. The Morgan fingerprint density at radius 1 is 1.07 bits per heavy atom. The zero-order valence-electron chi connectivity index (χ0n) is 8.14. The van der Waals surface area contributed by atoms with E-state index in [9.17, 15) is 0 Å². The number of aromatic nitrogens is 2. The van der Waals surface area contributed by atoms with Crippen molar-refractivity contribution >= 4 is 29.3 Å². The minimum atomic E-state index is 0. The Morgan fingerprint density at radius 3 is 2.36 bits per heavy atom. The molecule has 1 aromatic heterocycles. The third-order valence-corrected chi connectivity index (χ3v) is 1.89. The van der Waals surface area contributed by atoms with Gasteiger partial charge in [-0.25, -0.2) is 4.98 Å². The lowest BCUT2D eigenvalue weighted by molar-refractivity contribution is 1.06. The third-order valence-electron chi connectivity index (χ3n) is 1.89. The molecule has 0 unspecified atom stereocenters. The zero-order valence-corrected chi connectivity index (χ0v) is 8.95. The summed E-state index contributed by atoms with van der Waals surface area (Å²) in [4.78, 5) is 10.7. The van der Waals surface area contributed by atoms with Crippen LogP contribution in [-0.4, -0.2) is 24.1 Å². The standard InChI is InChI=1S/C10H11N3.ClH/c1-13(2)10-7-11-8-5-3-4-6-9(8)12-10;/h3-7H,1-2H3;1H. The molecular formula is C10H12ClN3. The molecule has 0 aliphatic heterocycles. The molecule has 0 saturated carbocycles. The van der Waals surface area contributed by atoms with Crippen LogP contribution in [0, 0.1) is 0 Å². The van der Waals surface area contributed by atoms with Crippen LogP contribution in [-0.2, 0) is 0 Å². The van der Waals surface area contributed by atoms with E-state index in [4.69, 9.17) is 0 Å². The second kappa shape index (κ2) is 4.24. The largest absolute Gasteiger partial charge is 0.361 e.